The van der Waals surface area contributed by atoms with E-state index in [4.69, 9.17) is 16.0 Å². The molecule has 0 aliphatic carbocycles. The summed E-state index contributed by atoms with van der Waals surface area (Å²) in [6, 6.07) is 7.04. The summed E-state index contributed by atoms with van der Waals surface area (Å²) in [5.41, 5.74) is 0.693. The van der Waals surface area contributed by atoms with E-state index in [0.29, 0.717) is 23.7 Å². The Kier molecular flexibility index (Phi) is 4.16. The van der Waals surface area contributed by atoms with E-state index in [0.717, 1.165) is 0 Å². The Morgan fingerprint density at radius 2 is 2.05 bits per heavy atom. The molecule has 1 aromatic heterocycles. The Hall–Kier alpha value is -1.88. The van der Waals surface area contributed by atoms with E-state index in [9.17, 15) is 4.79 Å². The molecule has 6 heteroatoms. The molecule has 0 unspecified atom stereocenters. The van der Waals surface area contributed by atoms with Crippen molar-refractivity contribution >= 4 is 17.5 Å². The summed E-state index contributed by atoms with van der Waals surface area (Å²) < 4.78 is 5.40. The van der Waals surface area contributed by atoms with E-state index in [1.54, 1.807) is 29.2 Å². The average molecular weight is 280 g/mol. The lowest BCUT2D eigenvalue weighted by atomic mass is 10.2. The van der Waals surface area contributed by atoms with Crippen molar-refractivity contribution in [3.05, 3.63) is 35.2 Å². The van der Waals surface area contributed by atoms with Crippen molar-refractivity contribution in [2.75, 3.05) is 13.1 Å². The van der Waals surface area contributed by atoms with Gasteiger partial charge in [0, 0.05) is 23.7 Å². The number of carbonyl (C=O) groups is 1. The van der Waals surface area contributed by atoms with Gasteiger partial charge in [-0.15, -0.1) is 10.2 Å². The second kappa shape index (κ2) is 5.84. The summed E-state index contributed by atoms with van der Waals surface area (Å²) in [6.07, 6.45) is 0. The predicted molar refractivity (Wildman–Crippen MR) is 72.0 cm³/mol. The van der Waals surface area contributed by atoms with E-state index in [1.165, 1.54) is 0 Å². The van der Waals surface area contributed by atoms with E-state index >= 15 is 0 Å². The standard InChI is InChI=1S/C13H14ClN3O2/c1-3-17(4-2)13(18)12-16-15-11(19-12)9-6-5-7-10(14)8-9/h5-8H,3-4H2,1-2H3. The van der Waals surface area contributed by atoms with Crippen molar-refractivity contribution in [1.29, 1.82) is 0 Å². The van der Waals surface area contributed by atoms with Crippen molar-refractivity contribution in [2.24, 2.45) is 0 Å². The van der Waals surface area contributed by atoms with Gasteiger partial charge in [0.05, 0.1) is 0 Å². The lowest BCUT2D eigenvalue weighted by Crippen LogP contribution is -2.30. The zero-order valence-corrected chi connectivity index (χ0v) is 11.5. The van der Waals surface area contributed by atoms with Crippen LogP contribution in [0.5, 0.6) is 0 Å². The van der Waals surface area contributed by atoms with Crippen molar-refractivity contribution < 1.29 is 9.21 Å². The van der Waals surface area contributed by atoms with E-state index < -0.39 is 0 Å². The molecule has 0 N–H and O–H groups in total. The highest BCUT2D eigenvalue weighted by Crippen LogP contribution is 2.21. The van der Waals surface area contributed by atoms with Crippen molar-refractivity contribution in [3.63, 3.8) is 0 Å². The third kappa shape index (κ3) is 2.93. The monoisotopic (exact) mass is 279 g/mol. The highest BCUT2D eigenvalue weighted by Gasteiger charge is 2.20. The van der Waals surface area contributed by atoms with Gasteiger partial charge in [-0.05, 0) is 32.0 Å². The van der Waals surface area contributed by atoms with Crippen LogP contribution in [-0.4, -0.2) is 34.1 Å². The normalized spacial score (nSPS) is 10.5. The fourth-order valence-electron chi connectivity index (χ4n) is 1.69. The molecule has 2 rings (SSSR count). The van der Waals surface area contributed by atoms with Crippen LogP contribution in [0.2, 0.25) is 5.02 Å². The molecule has 1 aromatic carbocycles. The van der Waals surface area contributed by atoms with Gasteiger partial charge >= 0.3 is 11.8 Å². The number of hydrogen-bond donors (Lipinski definition) is 0. The van der Waals surface area contributed by atoms with Crippen molar-refractivity contribution in [1.82, 2.24) is 15.1 Å². The molecule has 0 aliphatic heterocycles. The summed E-state index contributed by atoms with van der Waals surface area (Å²) in [7, 11) is 0. The molecule has 1 amide bonds. The first kappa shape index (κ1) is 13.5. The fraction of sp³-hybridized carbons (Fsp3) is 0.308. The minimum atomic E-state index is -0.259. The molecule has 0 radical (unpaired) electrons. The second-order valence-electron chi connectivity index (χ2n) is 3.90. The number of nitrogens with zero attached hydrogens (tertiary/aromatic N) is 3. The summed E-state index contributed by atoms with van der Waals surface area (Å²) in [4.78, 5) is 13.6. The molecule has 1 heterocycles. The van der Waals surface area contributed by atoms with Gasteiger partial charge in [-0.3, -0.25) is 4.79 Å². The maximum Gasteiger partial charge on any atom is 0.311 e. The summed E-state index contributed by atoms with van der Waals surface area (Å²) in [5, 5.41) is 8.24. The first-order chi connectivity index (χ1) is 9.15. The number of aromatic nitrogens is 2. The van der Waals surface area contributed by atoms with Gasteiger partial charge in [0.15, 0.2) is 0 Å². The Balaban J connectivity index is 2.26. The van der Waals surface area contributed by atoms with Gasteiger partial charge in [0.1, 0.15) is 0 Å². The predicted octanol–water partition coefficient (Wildman–Crippen LogP) is 2.87. The lowest BCUT2D eigenvalue weighted by molar-refractivity contribution is 0.0733. The molecule has 0 bridgehead atoms. The molecule has 0 fully saturated rings. The molecular formula is C13H14ClN3O2. The first-order valence-corrected chi connectivity index (χ1v) is 6.42. The van der Waals surface area contributed by atoms with Gasteiger partial charge in [0.25, 0.3) is 0 Å². The van der Waals surface area contributed by atoms with Crippen LogP contribution >= 0.6 is 11.6 Å². The van der Waals surface area contributed by atoms with Crippen LogP contribution < -0.4 is 0 Å². The Labute approximate surface area is 116 Å². The Morgan fingerprint density at radius 3 is 2.68 bits per heavy atom. The van der Waals surface area contributed by atoms with E-state index in [1.807, 2.05) is 13.8 Å². The van der Waals surface area contributed by atoms with Gasteiger partial charge in [0.2, 0.25) is 5.89 Å². The third-order valence-corrected chi connectivity index (χ3v) is 2.97. The zero-order valence-electron chi connectivity index (χ0n) is 10.8. The topological polar surface area (TPSA) is 59.2 Å². The van der Waals surface area contributed by atoms with Crippen molar-refractivity contribution in [3.8, 4) is 11.5 Å². The Bertz CT molecular complexity index is 579. The average Bonchev–Trinajstić information content (AvgIpc) is 2.89. The molecule has 0 spiro atoms. The molecule has 5 nitrogen and oxygen atoms in total. The molecular weight excluding hydrogens is 266 g/mol. The van der Waals surface area contributed by atoms with E-state index in [2.05, 4.69) is 10.2 Å². The lowest BCUT2D eigenvalue weighted by Gasteiger charge is -2.15. The SMILES string of the molecule is CCN(CC)C(=O)c1nnc(-c2cccc(Cl)c2)o1. The van der Waals surface area contributed by atoms with Crippen LogP contribution in [0.4, 0.5) is 0 Å². The minimum absolute atomic E-state index is 0.00123. The quantitative estimate of drug-likeness (QED) is 0.863. The first-order valence-electron chi connectivity index (χ1n) is 6.04. The van der Waals surface area contributed by atoms with Crippen LogP contribution in [0.25, 0.3) is 11.5 Å². The number of halogens is 1. The smallest absolute Gasteiger partial charge is 0.311 e. The molecule has 0 saturated carbocycles. The summed E-state index contributed by atoms with van der Waals surface area (Å²) in [6.45, 7) is 5.00. The van der Waals surface area contributed by atoms with Gasteiger partial charge in [-0.25, -0.2) is 0 Å². The maximum absolute atomic E-state index is 12.0. The molecule has 100 valence electrons. The second-order valence-corrected chi connectivity index (χ2v) is 4.34. The number of carbonyl (C=O) groups excluding carboxylic acids is 1. The fourth-order valence-corrected chi connectivity index (χ4v) is 1.88. The number of benzene rings is 1. The van der Waals surface area contributed by atoms with Crippen LogP contribution in [0.1, 0.15) is 24.5 Å². The van der Waals surface area contributed by atoms with Gasteiger partial charge in [-0.1, -0.05) is 17.7 Å². The van der Waals surface area contributed by atoms with Crippen LogP contribution in [-0.2, 0) is 0 Å². The molecule has 19 heavy (non-hydrogen) atoms. The number of hydrogen-bond acceptors (Lipinski definition) is 4. The highest BCUT2D eigenvalue weighted by molar-refractivity contribution is 6.30. The molecule has 0 saturated heterocycles. The number of rotatable bonds is 4. The van der Waals surface area contributed by atoms with Gasteiger partial charge in [-0.2, -0.15) is 0 Å². The largest absolute Gasteiger partial charge is 0.412 e. The molecule has 0 atom stereocenters. The van der Waals surface area contributed by atoms with E-state index in [-0.39, 0.29) is 17.7 Å². The maximum atomic E-state index is 12.0. The highest BCUT2D eigenvalue weighted by atomic mass is 35.5. The van der Waals surface area contributed by atoms with Crippen LogP contribution in [0, 0.1) is 0 Å². The Morgan fingerprint density at radius 1 is 1.32 bits per heavy atom. The van der Waals surface area contributed by atoms with Crippen molar-refractivity contribution in [2.45, 2.75) is 13.8 Å². The van der Waals surface area contributed by atoms with Crippen LogP contribution in [0.15, 0.2) is 28.7 Å². The minimum Gasteiger partial charge on any atom is -0.412 e. The van der Waals surface area contributed by atoms with Crippen LogP contribution in [0.3, 0.4) is 0 Å². The number of amides is 1. The molecule has 2 aromatic rings. The van der Waals surface area contributed by atoms with Gasteiger partial charge < -0.3 is 9.32 Å². The third-order valence-electron chi connectivity index (χ3n) is 2.73. The summed E-state index contributed by atoms with van der Waals surface area (Å²) in [5.74, 6) is 0.0301. The summed E-state index contributed by atoms with van der Waals surface area (Å²) >= 11 is 5.89. The molecule has 0 aliphatic rings. The zero-order chi connectivity index (χ0) is 13.8.